The maximum absolute atomic E-state index is 14.5. The fourth-order valence-corrected chi connectivity index (χ4v) is 4.90. The first-order valence-corrected chi connectivity index (χ1v) is 10.8. The zero-order valence-corrected chi connectivity index (χ0v) is 19.5. The van der Waals surface area contributed by atoms with Gasteiger partial charge in [-0.1, -0.05) is 40.6 Å². The molecule has 0 radical (unpaired) electrons. The molecular weight excluding hydrogens is 482 g/mol. The summed E-state index contributed by atoms with van der Waals surface area (Å²) in [5.74, 6) is -1.18. The fraction of sp³-hybridized carbons (Fsp3) is 0.190. The molecule has 31 heavy (non-hydrogen) atoms. The number of imidazole rings is 1. The molecule has 10 heteroatoms. The van der Waals surface area contributed by atoms with Crippen LogP contribution in [0.5, 0.6) is 0 Å². The maximum atomic E-state index is 14.5. The minimum absolute atomic E-state index is 0. The summed E-state index contributed by atoms with van der Waals surface area (Å²) in [5, 5.41) is 1.15. The monoisotopic (exact) mass is 498 g/mol. The molecule has 1 amide bonds. The Hall–Kier alpha value is -2.19. The molecule has 2 aromatic heterocycles. The van der Waals surface area contributed by atoms with Crippen molar-refractivity contribution in [1.29, 1.82) is 0 Å². The summed E-state index contributed by atoms with van der Waals surface area (Å²) in [5.41, 5.74) is 1.52. The van der Waals surface area contributed by atoms with Gasteiger partial charge in [0.1, 0.15) is 5.82 Å². The average Bonchev–Trinajstić information content (AvgIpc) is 3.34. The van der Waals surface area contributed by atoms with Crippen molar-refractivity contribution in [2.75, 3.05) is 11.4 Å². The number of nitrogens with zero attached hydrogens (tertiary/aromatic N) is 4. The first-order chi connectivity index (χ1) is 14.4. The molecule has 2 heterocycles. The van der Waals surface area contributed by atoms with Crippen LogP contribution in [0, 0.1) is 12.7 Å². The van der Waals surface area contributed by atoms with Gasteiger partial charge in [0.2, 0.25) is 0 Å². The quantitative estimate of drug-likeness (QED) is 0.308. The number of carbonyl (C=O) groups excluding carboxylic acids is 1. The Morgan fingerprint density at radius 3 is 2.81 bits per heavy atom. The van der Waals surface area contributed by atoms with E-state index in [1.165, 1.54) is 34.4 Å². The van der Waals surface area contributed by atoms with Gasteiger partial charge in [0, 0.05) is 30.5 Å². The van der Waals surface area contributed by atoms with Crippen molar-refractivity contribution < 1.29 is 9.18 Å². The lowest BCUT2D eigenvalue weighted by molar-refractivity contribution is 0.0982. The topological polar surface area (TPSA) is 51.0 Å². The molecule has 0 atom stereocenters. The second-order valence-corrected chi connectivity index (χ2v) is 8.63. The third-order valence-electron chi connectivity index (χ3n) is 4.65. The Balaban J connectivity index is 0.00000272. The summed E-state index contributed by atoms with van der Waals surface area (Å²) in [6.45, 7) is 2.91. The number of rotatable bonds is 6. The normalized spacial score (nSPS) is 10.8. The van der Waals surface area contributed by atoms with E-state index in [1.807, 2.05) is 29.8 Å². The summed E-state index contributed by atoms with van der Waals surface area (Å²) in [6, 6.07) is 7.84. The number of anilines is 1. The number of thiazole rings is 1. The van der Waals surface area contributed by atoms with Gasteiger partial charge in [0.15, 0.2) is 5.13 Å². The Morgan fingerprint density at radius 1 is 1.29 bits per heavy atom. The van der Waals surface area contributed by atoms with Crippen LogP contribution < -0.4 is 4.90 Å². The number of fused-ring (bicyclic) bond motifs is 1. The Morgan fingerprint density at radius 2 is 2.10 bits per heavy atom. The highest BCUT2D eigenvalue weighted by Gasteiger charge is 2.26. The lowest BCUT2D eigenvalue weighted by Gasteiger charge is -2.21. The number of carbonyl (C=O) groups is 1. The average molecular weight is 500 g/mol. The molecule has 0 unspecified atom stereocenters. The summed E-state index contributed by atoms with van der Waals surface area (Å²) >= 11 is 13.7. The molecule has 4 aromatic rings. The van der Waals surface area contributed by atoms with Gasteiger partial charge in [-0.25, -0.2) is 14.4 Å². The van der Waals surface area contributed by atoms with Gasteiger partial charge in [-0.3, -0.25) is 9.69 Å². The van der Waals surface area contributed by atoms with E-state index in [2.05, 4.69) is 9.97 Å². The van der Waals surface area contributed by atoms with Crippen LogP contribution in [0.1, 0.15) is 22.3 Å². The second kappa shape index (κ2) is 9.96. The van der Waals surface area contributed by atoms with Crippen LogP contribution >= 0.6 is 46.9 Å². The molecule has 0 aliphatic heterocycles. The molecule has 0 aliphatic carbocycles. The number of hydrogen-bond donors (Lipinski definition) is 0. The van der Waals surface area contributed by atoms with Gasteiger partial charge in [0.05, 0.1) is 27.1 Å². The molecule has 0 fully saturated rings. The highest BCUT2D eigenvalue weighted by molar-refractivity contribution is 7.22. The number of benzene rings is 2. The van der Waals surface area contributed by atoms with E-state index in [4.69, 9.17) is 23.2 Å². The summed E-state index contributed by atoms with van der Waals surface area (Å²) in [6.07, 6.45) is 5.89. The molecule has 5 nitrogen and oxygen atoms in total. The van der Waals surface area contributed by atoms with Gasteiger partial charge in [0.25, 0.3) is 5.91 Å². The summed E-state index contributed by atoms with van der Waals surface area (Å²) in [7, 11) is 0. The number of halogens is 4. The lowest BCUT2D eigenvalue weighted by atomic mass is 10.2. The van der Waals surface area contributed by atoms with Crippen molar-refractivity contribution in [1.82, 2.24) is 14.5 Å². The number of aryl methyl sites for hydroxylation is 2. The molecule has 4 rings (SSSR count). The smallest absolute Gasteiger partial charge is 0.264 e. The molecular formula is C21H18Cl3FN4OS. The zero-order chi connectivity index (χ0) is 21.3. The van der Waals surface area contributed by atoms with Crippen LogP contribution in [-0.2, 0) is 6.54 Å². The Labute approximate surface area is 198 Å². The van der Waals surface area contributed by atoms with Crippen molar-refractivity contribution in [2.45, 2.75) is 19.9 Å². The summed E-state index contributed by atoms with van der Waals surface area (Å²) in [4.78, 5) is 23.5. The van der Waals surface area contributed by atoms with Gasteiger partial charge >= 0.3 is 0 Å². The molecule has 0 spiro atoms. The Bertz CT molecular complexity index is 1190. The molecule has 0 saturated heterocycles. The zero-order valence-electron chi connectivity index (χ0n) is 16.4. The first-order valence-electron chi connectivity index (χ1n) is 9.22. The fourth-order valence-electron chi connectivity index (χ4n) is 3.21. The molecule has 2 aromatic carbocycles. The highest BCUT2D eigenvalue weighted by atomic mass is 35.5. The van der Waals surface area contributed by atoms with E-state index in [9.17, 15) is 9.18 Å². The van der Waals surface area contributed by atoms with E-state index < -0.39 is 11.7 Å². The second-order valence-electron chi connectivity index (χ2n) is 6.77. The largest absolute Gasteiger partial charge is 0.337 e. The predicted molar refractivity (Wildman–Crippen MR) is 127 cm³/mol. The van der Waals surface area contributed by atoms with E-state index in [1.54, 1.807) is 12.5 Å². The minimum Gasteiger partial charge on any atom is -0.337 e. The van der Waals surface area contributed by atoms with Crippen molar-refractivity contribution in [3.8, 4) is 0 Å². The van der Waals surface area contributed by atoms with Crippen LogP contribution in [0.15, 0.2) is 49.1 Å². The predicted octanol–water partition coefficient (Wildman–Crippen LogP) is 6.41. The van der Waals surface area contributed by atoms with E-state index >= 15 is 0 Å². The van der Waals surface area contributed by atoms with E-state index in [0.717, 1.165) is 15.8 Å². The van der Waals surface area contributed by atoms with Crippen molar-refractivity contribution in [3.05, 3.63) is 76.0 Å². The third-order valence-corrected chi connectivity index (χ3v) is 6.21. The molecule has 0 aliphatic rings. The number of hydrogen-bond acceptors (Lipinski definition) is 4. The van der Waals surface area contributed by atoms with Crippen molar-refractivity contribution >= 4 is 68.2 Å². The summed E-state index contributed by atoms with van der Waals surface area (Å²) < 4.78 is 17.2. The highest BCUT2D eigenvalue weighted by Crippen LogP contribution is 2.34. The standard InChI is InChI=1S/C21H17Cl2FN4OS.ClH/c1-13-10-14(22)11-17-19(13)26-21(30-17)28(8-3-7-27-9-6-25-12-27)20(29)18-15(23)4-2-5-16(18)24;/h2,4-6,9-12H,3,7-8H2,1H3;1H. The third kappa shape index (κ3) is 5.01. The van der Waals surface area contributed by atoms with Gasteiger partial charge < -0.3 is 4.57 Å². The molecule has 0 bridgehead atoms. The van der Waals surface area contributed by atoms with Crippen LogP contribution in [0.4, 0.5) is 9.52 Å². The van der Waals surface area contributed by atoms with E-state index in [0.29, 0.717) is 29.7 Å². The lowest BCUT2D eigenvalue weighted by Crippen LogP contribution is -2.33. The molecule has 0 N–H and O–H groups in total. The van der Waals surface area contributed by atoms with Crippen LogP contribution in [-0.4, -0.2) is 27.0 Å². The molecule has 0 saturated carbocycles. The van der Waals surface area contributed by atoms with Gasteiger partial charge in [-0.2, -0.15) is 0 Å². The van der Waals surface area contributed by atoms with Crippen LogP contribution in [0.3, 0.4) is 0 Å². The SMILES string of the molecule is Cc1cc(Cl)cc2sc(N(CCCn3ccnc3)C(=O)c3c(F)cccc3Cl)nc12.Cl. The maximum Gasteiger partial charge on any atom is 0.264 e. The first kappa shape index (κ1) is 23.5. The van der Waals surface area contributed by atoms with Crippen molar-refractivity contribution in [3.63, 3.8) is 0 Å². The van der Waals surface area contributed by atoms with E-state index in [-0.39, 0.29) is 23.0 Å². The number of aromatic nitrogens is 3. The number of amides is 1. The van der Waals surface area contributed by atoms with Gasteiger partial charge in [-0.15, -0.1) is 12.4 Å². The van der Waals surface area contributed by atoms with Gasteiger partial charge in [-0.05, 0) is 43.2 Å². The van der Waals surface area contributed by atoms with Crippen LogP contribution in [0.2, 0.25) is 10.0 Å². The Kier molecular flexibility index (Phi) is 7.54. The minimum atomic E-state index is -0.660. The van der Waals surface area contributed by atoms with Crippen molar-refractivity contribution in [2.24, 2.45) is 0 Å². The van der Waals surface area contributed by atoms with Crippen LogP contribution in [0.25, 0.3) is 10.2 Å². The molecule has 162 valence electrons.